The van der Waals surface area contributed by atoms with Gasteiger partial charge in [0.25, 0.3) is 0 Å². The van der Waals surface area contributed by atoms with Crippen molar-refractivity contribution < 1.29 is 9.50 Å². The Kier molecular flexibility index (Phi) is 4.17. The molecule has 3 heteroatoms. The summed E-state index contributed by atoms with van der Waals surface area (Å²) >= 11 is 0. The molecule has 0 spiro atoms. The average molecular weight is 259 g/mol. The van der Waals surface area contributed by atoms with Gasteiger partial charge in [0.2, 0.25) is 0 Å². The van der Waals surface area contributed by atoms with Gasteiger partial charge in [0.15, 0.2) is 0 Å². The first-order chi connectivity index (χ1) is 9.10. The molecule has 0 saturated carbocycles. The fraction of sp³-hybridized carbons (Fsp3) is 0.250. The SMILES string of the molecule is Cc1cc(F)cc(NC(CO)c2ccccc2C)c1. The van der Waals surface area contributed by atoms with Crippen molar-refractivity contribution in [2.45, 2.75) is 19.9 Å². The zero-order chi connectivity index (χ0) is 13.8. The summed E-state index contributed by atoms with van der Waals surface area (Å²) in [6, 6.07) is 12.4. The van der Waals surface area contributed by atoms with Crippen LogP contribution >= 0.6 is 0 Å². The second-order valence-electron chi connectivity index (χ2n) is 4.75. The Balaban J connectivity index is 2.26. The molecule has 0 amide bonds. The van der Waals surface area contributed by atoms with Gasteiger partial charge in [0.1, 0.15) is 5.82 Å². The molecule has 100 valence electrons. The van der Waals surface area contributed by atoms with Crippen molar-refractivity contribution >= 4 is 5.69 Å². The first-order valence-corrected chi connectivity index (χ1v) is 6.30. The van der Waals surface area contributed by atoms with Crippen LogP contribution in [0.4, 0.5) is 10.1 Å². The van der Waals surface area contributed by atoms with E-state index in [2.05, 4.69) is 5.32 Å². The van der Waals surface area contributed by atoms with Crippen molar-refractivity contribution in [1.82, 2.24) is 0 Å². The molecule has 0 radical (unpaired) electrons. The number of nitrogens with one attached hydrogen (secondary N) is 1. The van der Waals surface area contributed by atoms with Crippen LogP contribution in [0, 0.1) is 19.7 Å². The lowest BCUT2D eigenvalue weighted by molar-refractivity contribution is 0.276. The van der Waals surface area contributed by atoms with Crippen LogP contribution in [0.5, 0.6) is 0 Å². The molecule has 2 N–H and O–H groups in total. The van der Waals surface area contributed by atoms with Gasteiger partial charge in [-0.1, -0.05) is 24.3 Å². The van der Waals surface area contributed by atoms with Crippen molar-refractivity contribution in [3.63, 3.8) is 0 Å². The minimum atomic E-state index is -0.274. The molecule has 1 unspecified atom stereocenters. The fourth-order valence-electron chi connectivity index (χ4n) is 2.22. The van der Waals surface area contributed by atoms with E-state index in [0.29, 0.717) is 5.69 Å². The third-order valence-electron chi connectivity index (χ3n) is 3.13. The third-order valence-corrected chi connectivity index (χ3v) is 3.13. The van der Waals surface area contributed by atoms with Gasteiger partial charge in [-0.3, -0.25) is 0 Å². The zero-order valence-electron chi connectivity index (χ0n) is 11.2. The standard InChI is InChI=1S/C16H18FNO/c1-11-7-13(17)9-14(8-11)18-16(10-19)15-6-4-3-5-12(15)2/h3-9,16,18-19H,10H2,1-2H3. The van der Waals surface area contributed by atoms with Crippen LogP contribution < -0.4 is 5.32 Å². The summed E-state index contributed by atoms with van der Waals surface area (Å²) in [5.41, 5.74) is 3.65. The monoisotopic (exact) mass is 259 g/mol. The summed E-state index contributed by atoms with van der Waals surface area (Å²) in [4.78, 5) is 0. The summed E-state index contributed by atoms with van der Waals surface area (Å²) in [6.45, 7) is 3.80. The van der Waals surface area contributed by atoms with Crippen molar-refractivity contribution in [1.29, 1.82) is 0 Å². The van der Waals surface area contributed by atoms with Gasteiger partial charge in [-0.25, -0.2) is 4.39 Å². The fourth-order valence-corrected chi connectivity index (χ4v) is 2.22. The Morgan fingerprint density at radius 3 is 2.53 bits per heavy atom. The molecule has 0 aliphatic carbocycles. The molecule has 0 aromatic heterocycles. The molecule has 1 atom stereocenters. The van der Waals surface area contributed by atoms with Crippen LogP contribution in [0.3, 0.4) is 0 Å². The number of aryl methyl sites for hydroxylation is 2. The summed E-state index contributed by atoms with van der Waals surface area (Å²) in [5.74, 6) is -0.274. The highest BCUT2D eigenvalue weighted by Crippen LogP contribution is 2.23. The molecule has 19 heavy (non-hydrogen) atoms. The van der Waals surface area contributed by atoms with Crippen molar-refractivity contribution in [3.05, 3.63) is 65.0 Å². The lowest BCUT2D eigenvalue weighted by Gasteiger charge is -2.20. The first-order valence-electron chi connectivity index (χ1n) is 6.30. The van der Waals surface area contributed by atoms with Crippen LogP contribution in [0.15, 0.2) is 42.5 Å². The Hall–Kier alpha value is -1.87. The quantitative estimate of drug-likeness (QED) is 0.879. The van der Waals surface area contributed by atoms with Crippen LogP contribution in [0.1, 0.15) is 22.7 Å². The van der Waals surface area contributed by atoms with Crippen molar-refractivity contribution in [2.75, 3.05) is 11.9 Å². The molecule has 2 aromatic rings. The maximum absolute atomic E-state index is 13.4. The Morgan fingerprint density at radius 1 is 1.16 bits per heavy atom. The average Bonchev–Trinajstić information content (AvgIpc) is 2.36. The summed E-state index contributed by atoms with van der Waals surface area (Å²) in [5, 5.41) is 12.7. The first kappa shape index (κ1) is 13.6. The summed E-state index contributed by atoms with van der Waals surface area (Å²) in [6.07, 6.45) is 0. The van der Waals surface area contributed by atoms with E-state index in [1.54, 1.807) is 0 Å². The molecular formula is C16H18FNO. The zero-order valence-corrected chi connectivity index (χ0v) is 11.2. The van der Waals surface area contributed by atoms with Gasteiger partial charge in [-0.15, -0.1) is 0 Å². The van der Waals surface area contributed by atoms with Crippen LogP contribution in [-0.2, 0) is 0 Å². The number of anilines is 1. The lowest BCUT2D eigenvalue weighted by atomic mass is 10.0. The molecule has 0 saturated heterocycles. The maximum Gasteiger partial charge on any atom is 0.125 e. The second-order valence-corrected chi connectivity index (χ2v) is 4.75. The van der Waals surface area contributed by atoms with E-state index in [1.807, 2.05) is 44.2 Å². The third kappa shape index (κ3) is 3.32. The van der Waals surface area contributed by atoms with Crippen LogP contribution in [-0.4, -0.2) is 11.7 Å². The highest BCUT2D eigenvalue weighted by Gasteiger charge is 2.12. The predicted molar refractivity (Wildman–Crippen MR) is 75.8 cm³/mol. The second kappa shape index (κ2) is 5.85. The molecule has 0 aliphatic heterocycles. The van der Waals surface area contributed by atoms with E-state index in [1.165, 1.54) is 12.1 Å². The van der Waals surface area contributed by atoms with Gasteiger partial charge in [0, 0.05) is 5.69 Å². The van der Waals surface area contributed by atoms with Crippen molar-refractivity contribution in [2.24, 2.45) is 0 Å². The number of aliphatic hydroxyl groups is 1. The summed E-state index contributed by atoms with van der Waals surface area (Å²) < 4.78 is 13.4. The van der Waals surface area contributed by atoms with Crippen LogP contribution in [0.25, 0.3) is 0 Å². The van der Waals surface area contributed by atoms with Gasteiger partial charge in [-0.2, -0.15) is 0 Å². The minimum absolute atomic E-state index is 0.0413. The Bertz CT molecular complexity index is 548. The van der Waals surface area contributed by atoms with Gasteiger partial charge < -0.3 is 10.4 Å². The number of aliphatic hydroxyl groups excluding tert-OH is 1. The molecule has 0 fully saturated rings. The molecule has 2 aromatic carbocycles. The molecular weight excluding hydrogens is 241 g/mol. The van der Waals surface area contributed by atoms with E-state index in [9.17, 15) is 9.50 Å². The number of rotatable bonds is 4. The molecule has 2 nitrogen and oxygen atoms in total. The van der Waals surface area contributed by atoms with E-state index in [-0.39, 0.29) is 18.5 Å². The normalized spacial score (nSPS) is 12.2. The largest absolute Gasteiger partial charge is 0.394 e. The highest BCUT2D eigenvalue weighted by atomic mass is 19.1. The molecule has 2 rings (SSSR count). The van der Waals surface area contributed by atoms with Gasteiger partial charge in [0.05, 0.1) is 12.6 Å². The predicted octanol–water partition coefficient (Wildman–Crippen LogP) is 3.59. The Labute approximate surface area is 112 Å². The minimum Gasteiger partial charge on any atom is -0.394 e. The van der Waals surface area contributed by atoms with Crippen molar-refractivity contribution in [3.8, 4) is 0 Å². The molecule has 0 bridgehead atoms. The molecule has 0 aliphatic rings. The van der Waals surface area contributed by atoms with E-state index in [4.69, 9.17) is 0 Å². The van der Waals surface area contributed by atoms with E-state index in [0.717, 1.165) is 16.7 Å². The van der Waals surface area contributed by atoms with Gasteiger partial charge >= 0.3 is 0 Å². The molecule has 0 heterocycles. The highest BCUT2D eigenvalue weighted by molar-refractivity contribution is 5.48. The summed E-state index contributed by atoms with van der Waals surface area (Å²) in [7, 11) is 0. The smallest absolute Gasteiger partial charge is 0.125 e. The maximum atomic E-state index is 13.4. The number of hydrogen-bond donors (Lipinski definition) is 2. The topological polar surface area (TPSA) is 32.3 Å². The Morgan fingerprint density at radius 2 is 1.89 bits per heavy atom. The number of hydrogen-bond acceptors (Lipinski definition) is 2. The van der Waals surface area contributed by atoms with Crippen LogP contribution in [0.2, 0.25) is 0 Å². The van der Waals surface area contributed by atoms with E-state index < -0.39 is 0 Å². The van der Waals surface area contributed by atoms with E-state index >= 15 is 0 Å². The number of halogens is 1. The lowest BCUT2D eigenvalue weighted by Crippen LogP contribution is -2.16. The van der Waals surface area contributed by atoms with Gasteiger partial charge in [-0.05, 0) is 48.7 Å². The number of benzene rings is 2.